The number of carbonyl (C=O) groups is 1. The van der Waals surface area contributed by atoms with Crippen LogP contribution in [0.4, 0.5) is 0 Å². The molecule has 0 radical (unpaired) electrons. The summed E-state index contributed by atoms with van der Waals surface area (Å²) in [5.74, 6) is 1.32. The molecule has 70 valence electrons. The van der Waals surface area contributed by atoms with Gasteiger partial charge in [0.1, 0.15) is 0 Å². The molecule has 0 saturated carbocycles. The first kappa shape index (κ1) is 13.9. The summed E-state index contributed by atoms with van der Waals surface area (Å²) in [6.07, 6.45) is 4.02. The number of hydrogen-bond donors (Lipinski definition) is 1. The van der Waals surface area contributed by atoms with Gasteiger partial charge in [-0.25, -0.2) is 0 Å². The number of thioether (sulfide) groups is 1. The summed E-state index contributed by atoms with van der Waals surface area (Å²) in [7, 11) is 0. The molecule has 0 aliphatic rings. The Hall–Kier alpha value is -0.700. The van der Waals surface area contributed by atoms with Crippen LogP contribution in [0, 0.1) is 0 Å². The van der Waals surface area contributed by atoms with Crippen LogP contribution in [0.15, 0.2) is 25.3 Å². The van der Waals surface area contributed by atoms with Crippen molar-refractivity contribution >= 4 is 17.7 Å². The Morgan fingerprint density at radius 1 is 1.42 bits per heavy atom. The molecule has 0 aliphatic heterocycles. The van der Waals surface area contributed by atoms with E-state index in [9.17, 15) is 4.79 Å². The second-order valence-electron chi connectivity index (χ2n) is 1.86. The van der Waals surface area contributed by atoms with Crippen molar-refractivity contribution < 1.29 is 9.90 Å². The third kappa shape index (κ3) is 22.8. The molecule has 0 unspecified atom stereocenters. The maximum Gasteiger partial charge on any atom is 0.303 e. The van der Waals surface area contributed by atoms with Gasteiger partial charge in [-0.05, 0) is 0 Å². The van der Waals surface area contributed by atoms with Crippen molar-refractivity contribution in [3.63, 3.8) is 0 Å². The highest BCUT2D eigenvalue weighted by Gasteiger charge is 1.80. The third-order valence-electron chi connectivity index (χ3n) is 0.774. The lowest BCUT2D eigenvalue weighted by atomic mass is 10.5. The first-order valence-corrected chi connectivity index (χ1v) is 4.85. The lowest BCUT2D eigenvalue weighted by molar-refractivity contribution is -0.136. The van der Waals surface area contributed by atoms with E-state index in [4.69, 9.17) is 5.11 Å². The monoisotopic (exact) mass is 188 g/mol. The zero-order valence-electron chi connectivity index (χ0n) is 7.45. The fourth-order valence-corrected chi connectivity index (χ4v) is 0.704. The SMILES string of the molecule is C=CCSCC=C.CCC(=O)O. The van der Waals surface area contributed by atoms with Gasteiger partial charge in [-0.15, -0.1) is 13.2 Å². The predicted octanol–water partition coefficient (Wildman–Crippen LogP) is 2.57. The van der Waals surface area contributed by atoms with E-state index in [1.807, 2.05) is 23.9 Å². The van der Waals surface area contributed by atoms with Gasteiger partial charge in [-0.2, -0.15) is 11.8 Å². The lowest BCUT2D eigenvalue weighted by Crippen LogP contribution is -1.86. The smallest absolute Gasteiger partial charge is 0.303 e. The summed E-state index contributed by atoms with van der Waals surface area (Å²) in [4.78, 5) is 9.37. The Balaban J connectivity index is 0. The minimum absolute atomic E-state index is 0.222. The molecule has 0 amide bonds. The van der Waals surface area contributed by atoms with E-state index < -0.39 is 5.97 Å². The Morgan fingerprint density at radius 3 is 1.92 bits per heavy atom. The first-order valence-electron chi connectivity index (χ1n) is 3.70. The average Bonchev–Trinajstić information content (AvgIpc) is 2.07. The molecule has 0 heterocycles. The normalized spacial score (nSPS) is 7.75. The second kappa shape index (κ2) is 12.9. The van der Waals surface area contributed by atoms with E-state index in [1.54, 1.807) is 6.92 Å². The average molecular weight is 188 g/mol. The highest BCUT2D eigenvalue weighted by molar-refractivity contribution is 7.99. The molecule has 3 heteroatoms. The molecule has 0 rings (SSSR count). The Bertz CT molecular complexity index is 124. The van der Waals surface area contributed by atoms with Crippen LogP contribution in [0.5, 0.6) is 0 Å². The van der Waals surface area contributed by atoms with E-state index >= 15 is 0 Å². The molecule has 0 spiro atoms. The van der Waals surface area contributed by atoms with Crippen LogP contribution in [0.2, 0.25) is 0 Å². The predicted molar refractivity (Wildman–Crippen MR) is 55.6 cm³/mol. The zero-order valence-corrected chi connectivity index (χ0v) is 8.27. The molecule has 0 saturated heterocycles. The molecule has 0 aromatic carbocycles. The van der Waals surface area contributed by atoms with Gasteiger partial charge >= 0.3 is 5.97 Å². The summed E-state index contributed by atoms with van der Waals surface area (Å²) in [6, 6.07) is 0. The minimum Gasteiger partial charge on any atom is -0.481 e. The summed E-state index contributed by atoms with van der Waals surface area (Å²) < 4.78 is 0. The van der Waals surface area contributed by atoms with Crippen molar-refractivity contribution in [1.29, 1.82) is 0 Å². The number of carboxylic acid groups (broad SMARTS) is 1. The van der Waals surface area contributed by atoms with E-state index in [0.29, 0.717) is 0 Å². The van der Waals surface area contributed by atoms with Crippen LogP contribution < -0.4 is 0 Å². The van der Waals surface area contributed by atoms with Crippen molar-refractivity contribution in [3.8, 4) is 0 Å². The number of carboxylic acids is 1. The van der Waals surface area contributed by atoms with E-state index in [2.05, 4.69) is 13.2 Å². The van der Waals surface area contributed by atoms with Crippen LogP contribution in [0.3, 0.4) is 0 Å². The highest BCUT2D eigenvalue weighted by Crippen LogP contribution is 1.97. The number of aliphatic carboxylic acids is 1. The summed E-state index contributed by atoms with van der Waals surface area (Å²) in [5, 5.41) is 7.72. The van der Waals surface area contributed by atoms with Gasteiger partial charge in [0.15, 0.2) is 0 Å². The van der Waals surface area contributed by atoms with Gasteiger partial charge in [-0.1, -0.05) is 19.1 Å². The minimum atomic E-state index is -0.745. The number of hydrogen-bond acceptors (Lipinski definition) is 2. The largest absolute Gasteiger partial charge is 0.481 e. The fourth-order valence-electron chi connectivity index (χ4n) is 0.235. The second-order valence-corrected chi connectivity index (χ2v) is 2.94. The maximum absolute atomic E-state index is 9.37. The van der Waals surface area contributed by atoms with E-state index in [1.165, 1.54) is 0 Å². The van der Waals surface area contributed by atoms with Gasteiger partial charge in [0.2, 0.25) is 0 Å². The molecule has 2 nitrogen and oxygen atoms in total. The molecule has 12 heavy (non-hydrogen) atoms. The van der Waals surface area contributed by atoms with Crippen LogP contribution in [0.25, 0.3) is 0 Å². The molecule has 0 atom stereocenters. The van der Waals surface area contributed by atoms with Crippen LogP contribution in [-0.4, -0.2) is 22.6 Å². The molecular formula is C9H16O2S. The fraction of sp³-hybridized carbons (Fsp3) is 0.444. The summed E-state index contributed by atoms with van der Waals surface area (Å²) >= 11 is 1.82. The van der Waals surface area contributed by atoms with Crippen molar-refractivity contribution in [3.05, 3.63) is 25.3 Å². The van der Waals surface area contributed by atoms with Gasteiger partial charge in [0, 0.05) is 17.9 Å². The topological polar surface area (TPSA) is 37.3 Å². The Labute approximate surface area is 78.4 Å². The summed E-state index contributed by atoms with van der Waals surface area (Å²) in [5.41, 5.74) is 0. The number of rotatable bonds is 5. The summed E-state index contributed by atoms with van der Waals surface area (Å²) in [6.45, 7) is 8.75. The van der Waals surface area contributed by atoms with Crippen molar-refractivity contribution in [2.45, 2.75) is 13.3 Å². The quantitative estimate of drug-likeness (QED) is 0.532. The van der Waals surface area contributed by atoms with Crippen molar-refractivity contribution in [2.75, 3.05) is 11.5 Å². The van der Waals surface area contributed by atoms with E-state index in [0.717, 1.165) is 11.5 Å². The van der Waals surface area contributed by atoms with Crippen molar-refractivity contribution in [2.24, 2.45) is 0 Å². The molecule has 0 aromatic rings. The molecule has 1 N–H and O–H groups in total. The van der Waals surface area contributed by atoms with Gasteiger partial charge in [0.25, 0.3) is 0 Å². The highest BCUT2D eigenvalue weighted by atomic mass is 32.2. The molecule has 0 bridgehead atoms. The molecule has 0 aromatic heterocycles. The Kier molecular flexibility index (Phi) is 14.9. The van der Waals surface area contributed by atoms with Crippen LogP contribution in [0.1, 0.15) is 13.3 Å². The standard InChI is InChI=1S/C6H10S.C3H6O2/c1-3-5-7-6-4-2;1-2-3(4)5/h3-4H,1-2,5-6H2;2H2,1H3,(H,4,5). The zero-order chi connectivity index (χ0) is 9.82. The molecule has 0 aliphatic carbocycles. The Morgan fingerprint density at radius 2 is 1.75 bits per heavy atom. The first-order chi connectivity index (χ1) is 5.68. The van der Waals surface area contributed by atoms with Gasteiger partial charge in [0.05, 0.1) is 0 Å². The van der Waals surface area contributed by atoms with Crippen LogP contribution in [-0.2, 0) is 4.79 Å². The molecular weight excluding hydrogens is 172 g/mol. The van der Waals surface area contributed by atoms with Crippen molar-refractivity contribution in [1.82, 2.24) is 0 Å². The van der Waals surface area contributed by atoms with E-state index in [-0.39, 0.29) is 6.42 Å². The van der Waals surface area contributed by atoms with Gasteiger partial charge in [-0.3, -0.25) is 4.79 Å². The molecule has 0 fully saturated rings. The van der Waals surface area contributed by atoms with Gasteiger partial charge < -0.3 is 5.11 Å². The maximum atomic E-state index is 9.37. The lowest BCUT2D eigenvalue weighted by Gasteiger charge is -1.85. The van der Waals surface area contributed by atoms with Crippen LogP contribution >= 0.6 is 11.8 Å². The third-order valence-corrected chi connectivity index (χ3v) is 1.72.